The first kappa shape index (κ1) is 21.6. The number of aliphatic hydroxyl groups is 2. The van der Waals surface area contributed by atoms with E-state index in [4.69, 9.17) is 9.47 Å². The third kappa shape index (κ3) is 5.96. The fourth-order valence-corrected chi connectivity index (χ4v) is 3.74. The molecular weight excluding hydrogens is 370 g/mol. The van der Waals surface area contributed by atoms with Crippen molar-refractivity contribution < 1.29 is 24.5 Å². The van der Waals surface area contributed by atoms with Crippen LogP contribution in [0.1, 0.15) is 63.6 Å². The van der Waals surface area contributed by atoms with Gasteiger partial charge in [-0.15, -0.1) is 0 Å². The van der Waals surface area contributed by atoms with E-state index in [9.17, 15) is 15.0 Å². The monoisotopic (exact) mass is 401 g/mol. The quantitative estimate of drug-likeness (QED) is 0.759. The summed E-state index contributed by atoms with van der Waals surface area (Å²) in [4.78, 5) is 14.2. The Morgan fingerprint density at radius 3 is 2.52 bits per heavy atom. The molecule has 29 heavy (non-hydrogen) atoms. The molecule has 2 atom stereocenters. The van der Waals surface area contributed by atoms with Gasteiger partial charge in [-0.2, -0.15) is 0 Å². The summed E-state index contributed by atoms with van der Waals surface area (Å²) in [6.07, 6.45) is 1.60. The van der Waals surface area contributed by atoms with E-state index in [0.29, 0.717) is 45.4 Å². The van der Waals surface area contributed by atoms with Crippen LogP contribution in [0, 0.1) is 11.8 Å². The highest BCUT2D eigenvalue weighted by molar-refractivity contribution is 5.69. The topological polar surface area (TPSA) is 79.2 Å². The molecule has 0 spiro atoms. The van der Waals surface area contributed by atoms with Crippen molar-refractivity contribution in [2.75, 3.05) is 19.8 Å². The molecule has 0 radical (unpaired) electrons. The number of benzene rings is 1. The van der Waals surface area contributed by atoms with Gasteiger partial charge in [-0.25, -0.2) is 4.79 Å². The fraction of sp³-hybridized carbons (Fsp3) is 0.609. The molecule has 6 nitrogen and oxygen atoms in total. The molecule has 0 aliphatic carbocycles. The van der Waals surface area contributed by atoms with E-state index >= 15 is 0 Å². The molecule has 2 unspecified atom stereocenters. The Kier molecular flexibility index (Phi) is 6.52. The molecule has 1 aromatic rings. The Bertz CT molecular complexity index is 765. The van der Waals surface area contributed by atoms with Gasteiger partial charge < -0.3 is 24.6 Å². The summed E-state index contributed by atoms with van der Waals surface area (Å²) in [6, 6.07) is 7.62. The lowest BCUT2D eigenvalue weighted by Gasteiger charge is -2.37. The van der Waals surface area contributed by atoms with E-state index < -0.39 is 11.2 Å². The van der Waals surface area contributed by atoms with Crippen LogP contribution in [0.2, 0.25) is 0 Å². The van der Waals surface area contributed by atoms with Crippen LogP contribution in [0.25, 0.3) is 0 Å². The minimum absolute atomic E-state index is 0.118. The average molecular weight is 402 g/mol. The van der Waals surface area contributed by atoms with Gasteiger partial charge in [0.25, 0.3) is 0 Å². The van der Waals surface area contributed by atoms with Gasteiger partial charge in [-0.1, -0.05) is 24.0 Å². The maximum atomic E-state index is 12.4. The van der Waals surface area contributed by atoms with Crippen LogP contribution in [0.5, 0.6) is 0 Å². The summed E-state index contributed by atoms with van der Waals surface area (Å²) >= 11 is 0. The second kappa shape index (κ2) is 8.74. The SMILES string of the molecule is CC(c1ccc(C#CC2(O)CCOCC2)cc1)N1CCC(CC(C)(C)O)OC1=O. The van der Waals surface area contributed by atoms with E-state index in [-0.39, 0.29) is 18.2 Å². The smallest absolute Gasteiger partial charge is 0.410 e. The highest BCUT2D eigenvalue weighted by atomic mass is 16.6. The first-order valence-corrected chi connectivity index (χ1v) is 10.3. The molecule has 6 heteroatoms. The van der Waals surface area contributed by atoms with Crippen LogP contribution < -0.4 is 0 Å². The van der Waals surface area contributed by atoms with Gasteiger partial charge in [0.1, 0.15) is 11.7 Å². The summed E-state index contributed by atoms with van der Waals surface area (Å²) < 4.78 is 10.8. The van der Waals surface area contributed by atoms with Gasteiger partial charge in [-0.05, 0) is 38.5 Å². The zero-order valence-electron chi connectivity index (χ0n) is 17.5. The van der Waals surface area contributed by atoms with Crippen LogP contribution in [0.4, 0.5) is 4.79 Å². The molecular formula is C23H31NO5. The predicted molar refractivity (Wildman–Crippen MR) is 109 cm³/mol. The molecule has 2 saturated heterocycles. The fourth-order valence-electron chi connectivity index (χ4n) is 3.74. The lowest BCUT2D eigenvalue weighted by atomic mass is 9.94. The Balaban J connectivity index is 1.61. The minimum Gasteiger partial charge on any atom is -0.446 e. The van der Waals surface area contributed by atoms with E-state index in [1.54, 1.807) is 18.7 Å². The average Bonchev–Trinajstić information content (AvgIpc) is 2.66. The summed E-state index contributed by atoms with van der Waals surface area (Å²) in [5.41, 5.74) is 0.0000203. The molecule has 0 bridgehead atoms. The highest BCUT2D eigenvalue weighted by Crippen LogP contribution is 2.28. The molecule has 3 rings (SSSR count). The van der Waals surface area contributed by atoms with Crippen LogP contribution in [-0.4, -0.2) is 58.3 Å². The van der Waals surface area contributed by atoms with Gasteiger partial charge in [0.15, 0.2) is 0 Å². The number of ether oxygens (including phenoxy) is 2. The maximum Gasteiger partial charge on any atom is 0.410 e. The molecule has 2 aliphatic heterocycles. The molecule has 1 amide bonds. The summed E-state index contributed by atoms with van der Waals surface area (Å²) in [5, 5.41) is 20.4. The molecule has 0 aromatic heterocycles. The first-order chi connectivity index (χ1) is 13.7. The van der Waals surface area contributed by atoms with Crippen molar-refractivity contribution in [3.63, 3.8) is 0 Å². The van der Waals surface area contributed by atoms with E-state index in [1.807, 2.05) is 31.2 Å². The van der Waals surface area contributed by atoms with Gasteiger partial charge >= 0.3 is 6.09 Å². The van der Waals surface area contributed by atoms with Crippen molar-refractivity contribution in [2.24, 2.45) is 0 Å². The molecule has 1 aromatic carbocycles. The molecule has 2 heterocycles. The lowest BCUT2D eigenvalue weighted by molar-refractivity contribution is -0.0310. The van der Waals surface area contributed by atoms with Crippen molar-refractivity contribution >= 4 is 6.09 Å². The Morgan fingerprint density at radius 1 is 1.28 bits per heavy atom. The second-order valence-corrected chi connectivity index (χ2v) is 8.70. The Labute approximate surface area is 172 Å². The van der Waals surface area contributed by atoms with Crippen molar-refractivity contribution in [3.05, 3.63) is 35.4 Å². The molecule has 2 aliphatic rings. The first-order valence-electron chi connectivity index (χ1n) is 10.3. The number of hydrogen-bond acceptors (Lipinski definition) is 5. The second-order valence-electron chi connectivity index (χ2n) is 8.70. The predicted octanol–water partition coefficient (Wildman–Crippen LogP) is 3.01. The number of amides is 1. The van der Waals surface area contributed by atoms with Crippen LogP contribution in [0.15, 0.2) is 24.3 Å². The third-order valence-corrected chi connectivity index (χ3v) is 5.54. The minimum atomic E-state index is -0.971. The number of hydrogen-bond donors (Lipinski definition) is 2. The van der Waals surface area contributed by atoms with Gasteiger partial charge in [0, 0.05) is 37.8 Å². The number of nitrogens with zero attached hydrogens (tertiary/aromatic N) is 1. The lowest BCUT2D eigenvalue weighted by Crippen LogP contribution is -2.45. The van der Waals surface area contributed by atoms with Crippen LogP contribution in [-0.2, 0) is 9.47 Å². The van der Waals surface area contributed by atoms with E-state index in [1.165, 1.54) is 0 Å². The van der Waals surface area contributed by atoms with Crippen molar-refractivity contribution in [2.45, 2.75) is 69.8 Å². The molecule has 2 N–H and O–H groups in total. The van der Waals surface area contributed by atoms with Crippen molar-refractivity contribution in [1.29, 1.82) is 0 Å². The molecule has 2 fully saturated rings. The largest absolute Gasteiger partial charge is 0.446 e. The summed E-state index contributed by atoms with van der Waals surface area (Å²) in [5.74, 6) is 6.03. The Morgan fingerprint density at radius 2 is 1.93 bits per heavy atom. The van der Waals surface area contributed by atoms with Crippen molar-refractivity contribution in [3.8, 4) is 11.8 Å². The summed E-state index contributed by atoms with van der Waals surface area (Å²) in [6.45, 7) is 7.08. The third-order valence-electron chi connectivity index (χ3n) is 5.54. The van der Waals surface area contributed by atoms with Gasteiger partial charge in [0.05, 0.1) is 24.9 Å². The van der Waals surface area contributed by atoms with Crippen molar-refractivity contribution in [1.82, 2.24) is 4.90 Å². The van der Waals surface area contributed by atoms with E-state index in [0.717, 1.165) is 11.1 Å². The normalized spacial score (nSPS) is 23.0. The van der Waals surface area contributed by atoms with Crippen LogP contribution >= 0.6 is 0 Å². The maximum absolute atomic E-state index is 12.4. The number of cyclic esters (lactones) is 1. The number of carbonyl (C=O) groups is 1. The zero-order valence-corrected chi connectivity index (χ0v) is 17.5. The summed E-state index contributed by atoms with van der Waals surface area (Å²) in [7, 11) is 0. The molecule has 0 saturated carbocycles. The highest BCUT2D eigenvalue weighted by Gasteiger charge is 2.33. The number of rotatable bonds is 4. The van der Waals surface area contributed by atoms with Gasteiger partial charge in [0.2, 0.25) is 0 Å². The standard InChI is InChI=1S/C23H31NO5/c1-17(24-13-9-20(29-21(24)25)16-22(2,3)26)19-6-4-18(5-7-19)8-10-23(27)11-14-28-15-12-23/h4-7,17,20,26-27H,9,11-16H2,1-3H3. The van der Waals surface area contributed by atoms with Gasteiger partial charge in [-0.3, -0.25) is 0 Å². The zero-order chi connectivity index (χ0) is 21.1. The number of carbonyl (C=O) groups excluding carboxylic acids is 1. The Hall–Kier alpha value is -2.07. The van der Waals surface area contributed by atoms with Crippen LogP contribution in [0.3, 0.4) is 0 Å². The van der Waals surface area contributed by atoms with E-state index in [2.05, 4.69) is 11.8 Å². The molecule has 158 valence electrons.